The molecule has 0 heterocycles. The number of para-hydroxylation sites is 2. The molecule has 1 N–H and O–H groups in total. The largest absolute Gasteiger partial charge is 0.494 e. The van der Waals surface area contributed by atoms with Crippen molar-refractivity contribution in [2.75, 3.05) is 11.9 Å². The van der Waals surface area contributed by atoms with E-state index in [-0.39, 0.29) is 11.4 Å². The van der Waals surface area contributed by atoms with Crippen molar-refractivity contribution in [2.45, 2.75) is 26.4 Å². The maximum absolute atomic E-state index is 12.4. The van der Waals surface area contributed by atoms with Crippen molar-refractivity contribution in [3.8, 4) is 11.5 Å². The smallest absolute Gasteiger partial charge is 0.387 e. The van der Waals surface area contributed by atoms with Gasteiger partial charge in [0.15, 0.2) is 0 Å². The summed E-state index contributed by atoms with van der Waals surface area (Å²) in [5, 5.41) is 2.57. The highest BCUT2D eigenvalue weighted by molar-refractivity contribution is 6.05. The number of benzene rings is 2. The van der Waals surface area contributed by atoms with Crippen LogP contribution in [0.1, 0.15) is 30.1 Å². The second-order valence-corrected chi connectivity index (χ2v) is 5.06. The third kappa shape index (κ3) is 5.22. The SMILES string of the molecule is CCCCOc1ccc(C(=O)Nc2ccccc2OC(F)F)cc1. The molecule has 128 valence electrons. The van der Waals surface area contributed by atoms with Gasteiger partial charge in [0.05, 0.1) is 12.3 Å². The second kappa shape index (κ2) is 8.86. The lowest BCUT2D eigenvalue weighted by Crippen LogP contribution is -2.13. The molecule has 0 saturated carbocycles. The van der Waals surface area contributed by atoms with E-state index in [9.17, 15) is 13.6 Å². The van der Waals surface area contributed by atoms with Crippen LogP contribution in [0.3, 0.4) is 0 Å². The number of alkyl halides is 2. The summed E-state index contributed by atoms with van der Waals surface area (Å²) in [6, 6.07) is 12.7. The average Bonchev–Trinajstić information content (AvgIpc) is 2.57. The van der Waals surface area contributed by atoms with Gasteiger partial charge in [-0.05, 0) is 42.8 Å². The molecule has 0 radical (unpaired) electrons. The van der Waals surface area contributed by atoms with Gasteiger partial charge in [-0.1, -0.05) is 25.5 Å². The summed E-state index contributed by atoms with van der Waals surface area (Å²) in [4.78, 5) is 12.2. The number of unbranched alkanes of at least 4 members (excludes halogenated alkanes) is 1. The Bertz CT molecular complexity index is 660. The van der Waals surface area contributed by atoms with Crippen molar-refractivity contribution in [2.24, 2.45) is 0 Å². The van der Waals surface area contributed by atoms with Crippen LogP contribution in [0.4, 0.5) is 14.5 Å². The van der Waals surface area contributed by atoms with E-state index >= 15 is 0 Å². The van der Waals surface area contributed by atoms with Gasteiger partial charge in [0, 0.05) is 5.56 Å². The topological polar surface area (TPSA) is 47.6 Å². The second-order valence-electron chi connectivity index (χ2n) is 5.06. The van der Waals surface area contributed by atoms with Gasteiger partial charge < -0.3 is 14.8 Å². The Balaban J connectivity index is 2.02. The molecule has 2 rings (SSSR count). The zero-order valence-corrected chi connectivity index (χ0v) is 13.3. The van der Waals surface area contributed by atoms with Crippen molar-refractivity contribution in [1.82, 2.24) is 0 Å². The van der Waals surface area contributed by atoms with Crippen LogP contribution in [0.5, 0.6) is 11.5 Å². The summed E-state index contributed by atoms with van der Waals surface area (Å²) in [5.41, 5.74) is 0.579. The van der Waals surface area contributed by atoms with Crippen LogP contribution in [0, 0.1) is 0 Å². The number of carbonyl (C=O) groups excluding carboxylic acids is 1. The summed E-state index contributed by atoms with van der Waals surface area (Å²) in [6.45, 7) is -0.255. The quantitative estimate of drug-likeness (QED) is 0.710. The Morgan fingerprint density at radius 1 is 1.12 bits per heavy atom. The van der Waals surface area contributed by atoms with Crippen molar-refractivity contribution in [1.29, 1.82) is 0 Å². The third-order valence-electron chi connectivity index (χ3n) is 3.23. The number of nitrogens with one attached hydrogen (secondary N) is 1. The van der Waals surface area contributed by atoms with E-state index in [4.69, 9.17) is 4.74 Å². The molecule has 24 heavy (non-hydrogen) atoms. The lowest BCUT2D eigenvalue weighted by Gasteiger charge is -2.12. The van der Waals surface area contributed by atoms with Gasteiger partial charge in [-0.15, -0.1) is 0 Å². The molecule has 2 aromatic carbocycles. The average molecular weight is 335 g/mol. The first kappa shape index (κ1) is 17.7. The molecule has 0 fully saturated rings. The predicted molar refractivity (Wildman–Crippen MR) is 87.9 cm³/mol. The summed E-state index contributed by atoms with van der Waals surface area (Å²) in [6.07, 6.45) is 2.00. The first-order valence-electron chi connectivity index (χ1n) is 7.68. The van der Waals surface area contributed by atoms with E-state index < -0.39 is 12.5 Å². The number of hydrogen-bond donors (Lipinski definition) is 1. The van der Waals surface area contributed by atoms with Gasteiger partial charge in [0.2, 0.25) is 0 Å². The van der Waals surface area contributed by atoms with Gasteiger partial charge >= 0.3 is 6.61 Å². The normalized spacial score (nSPS) is 10.5. The number of carbonyl (C=O) groups is 1. The highest BCUT2D eigenvalue weighted by Gasteiger charge is 2.12. The summed E-state index contributed by atoms with van der Waals surface area (Å²) in [5.74, 6) is 0.183. The van der Waals surface area contributed by atoms with E-state index in [1.165, 1.54) is 12.1 Å². The molecule has 0 aliphatic heterocycles. The van der Waals surface area contributed by atoms with Crippen LogP contribution < -0.4 is 14.8 Å². The van der Waals surface area contributed by atoms with Crippen LogP contribution in [0.2, 0.25) is 0 Å². The molecule has 0 aromatic heterocycles. The first-order valence-corrected chi connectivity index (χ1v) is 7.68. The molecular formula is C18H19F2NO3. The highest BCUT2D eigenvalue weighted by Crippen LogP contribution is 2.26. The fourth-order valence-electron chi connectivity index (χ4n) is 2.00. The molecule has 1 amide bonds. The van der Waals surface area contributed by atoms with E-state index in [0.717, 1.165) is 12.8 Å². The maximum atomic E-state index is 12.4. The Kier molecular flexibility index (Phi) is 6.54. The molecule has 0 bridgehead atoms. The number of anilines is 1. The Morgan fingerprint density at radius 2 is 1.83 bits per heavy atom. The zero-order chi connectivity index (χ0) is 17.4. The fourth-order valence-corrected chi connectivity index (χ4v) is 2.00. The van der Waals surface area contributed by atoms with Gasteiger partial charge in [-0.2, -0.15) is 8.78 Å². The molecule has 0 unspecified atom stereocenters. The van der Waals surface area contributed by atoms with E-state index in [1.54, 1.807) is 36.4 Å². The van der Waals surface area contributed by atoms with E-state index in [0.29, 0.717) is 17.9 Å². The number of amides is 1. The molecule has 2 aromatic rings. The highest BCUT2D eigenvalue weighted by atomic mass is 19.3. The summed E-state index contributed by atoms with van der Waals surface area (Å²) < 4.78 is 34.7. The predicted octanol–water partition coefficient (Wildman–Crippen LogP) is 4.72. The molecule has 0 saturated heterocycles. The molecule has 0 atom stereocenters. The lowest BCUT2D eigenvalue weighted by atomic mass is 10.2. The number of rotatable bonds is 8. The van der Waals surface area contributed by atoms with Crippen LogP contribution >= 0.6 is 0 Å². The number of halogens is 2. The summed E-state index contributed by atoms with van der Waals surface area (Å²) in [7, 11) is 0. The van der Waals surface area contributed by atoms with E-state index in [1.807, 2.05) is 0 Å². The lowest BCUT2D eigenvalue weighted by molar-refractivity contribution is -0.0493. The minimum absolute atomic E-state index is 0.0830. The van der Waals surface area contributed by atoms with Gasteiger partial charge in [0.25, 0.3) is 5.91 Å². The number of hydrogen-bond acceptors (Lipinski definition) is 3. The first-order chi connectivity index (χ1) is 11.6. The molecule has 0 spiro atoms. The number of ether oxygens (including phenoxy) is 2. The third-order valence-corrected chi connectivity index (χ3v) is 3.23. The van der Waals surface area contributed by atoms with Crippen molar-refractivity contribution < 1.29 is 23.0 Å². The van der Waals surface area contributed by atoms with Crippen molar-refractivity contribution >= 4 is 11.6 Å². The van der Waals surface area contributed by atoms with Crippen molar-refractivity contribution in [3.05, 3.63) is 54.1 Å². The monoisotopic (exact) mass is 335 g/mol. The van der Waals surface area contributed by atoms with Crippen LogP contribution in [0.25, 0.3) is 0 Å². The molecular weight excluding hydrogens is 316 g/mol. The van der Waals surface area contributed by atoms with Gasteiger partial charge in [-0.25, -0.2) is 0 Å². The zero-order valence-electron chi connectivity index (χ0n) is 13.3. The Hall–Kier alpha value is -2.63. The maximum Gasteiger partial charge on any atom is 0.387 e. The van der Waals surface area contributed by atoms with Gasteiger partial charge in [-0.3, -0.25) is 4.79 Å². The van der Waals surface area contributed by atoms with Crippen LogP contribution in [-0.4, -0.2) is 19.1 Å². The molecule has 0 aliphatic rings. The fraction of sp³-hybridized carbons (Fsp3) is 0.278. The van der Waals surface area contributed by atoms with Crippen LogP contribution in [0.15, 0.2) is 48.5 Å². The minimum atomic E-state index is -2.96. The van der Waals surface area contributed by atoms with Gasteiger partial charge in [0.1, 0.15) is 11.5 Å². The van der Waals surface area contributed by atoms with E-state index in [2.05, 4.69) is 17.0 Å². The minimum Gasteiger partial charge on any atom is -0.494 e. The Morgan fingerprint density at radius 3 is 2.50 bits per heavy atom. The standard InChI is InChI=1S/C18H19F2NO3/c1-2-3-12-23-14-10-8-13(9-11-14)17(22)21-15-6-4-5-7-16(15)24-18(19)20/h4-11,18H,2-3,12H2,1H3,(H,21,22). The molecule has 0 aliphatic carbocycles. The molecule has 4 nitrogen and oxygen atoms in total. The Labute approximate surface area is 139 Å². The molecule has 6 heteroatoms. The summed E-state index contributed by atoms with van der Waals surface area (Å²) >= 11 is 0. The van der Waals surface area contributed by atoms with Crippen molar-refractivity contribution in [3.63, 3.8) is 0 Å². The van der Waals surface area contributed by atoms with Crippen LogP contribution in [-0.2, 0) is 0 Å².